The summed E-state index contributed by atoms with van der Waals surface area (Å²) in [6.07, 6.45) is 0.326. The van der Waals surface area contributed by atoms with E-state index in [4.69, 9.17) is 16.7 Å². The van der Waals surface area contributed by atoms with Crippen LogP contribution in [0.2, 0.25) is 5.02 Å². The number of aliphatic hydroxyl groups is 1. The zero-order valence-electron chi connectivity index (χ0n) is 11.5. The number of carboxylic acid groups (broad SMARTS) is 1. The number of nitrogens with zero attached hydrogens (tertiary/aromatic N) is 3. The molecule has 21 heavy (non-hydrogen) atoms. The number of benzene rings is 1. The first kappa shape index (κ1) is 15.5. The molecule has 0 saturated heterocycles. The third-order valence-corrected chi connectivity index (χ3v) is 3.52. The summed E-state index contributed by atoms with van der Waals surface area (Å²) in [6, 6.07) is 7.24. The normalized spacial score (nSPS) is 12.3. The predicted molar refractivity (Wildman–Crippen MR) is 77.5 cm³/mol. The van der Waals surface area contributed by atoms with E-state index >= 15 is 0 Å². The van der Waals surface area contributed by atoms with E-state index < -0.39 is 5.97 Å². The topological polar surface area (TPSA) is 88.2 Å². The maximum atomic E-state index is 11.3. The molecule has 2 N–H and O–H groups in total. The van der Waals surface area contributed by atoms with Crippen LogP contribution in [0.1, 0.15) is 28.7 Å². The standard InChI is InChI=1S/C14H16ClN3O3/c1-9(8-19)7-18-12(13(14(20)21)16-17-18)6-10-4-2-3-5-11(10)15/h2-5,9,19H,6-8H2,1H3,(H,20,21). The number of carbonyl (C=O) groups is 1. The average molecular weight is 310 g/mol. The minimum atomic E-state index is -1.13. The Hall–Kier alpha value is -1.92. The van der Waals surface area contributed by atoms with Crippen molar-refractivity contribution in [1.29, 1.82) is 0 Å². The molecule has 2 rings (SSSR count). The van der Waals surface area contributed by atoms with Crippen molar-refractivity contribution in [2.24, 2.45) is 5.92 Å². The summed E-state index contributed by atoms with van der Waals surface area (Å²) in [6.45, 7) is 2.24. The van der Waals surface area contributed by atoms with Crippen LogP contribution in [0.4, 0.5) is 0 Å². The second-order valence-corrected chi connectivity index (χ2v) is 5.34. The van der Waals surface area contributed by atoms with Gasteiger partial charge in [0.25, 0.3) is 0 Å². The molecule has 0 spiro atoms. The molecule has 0 amide bonds. The van der Waals surface area contributed by atoms with Gasteiger partial charge >= 0.3 is 5.97 Å². The number of hydrogen-bond acceptors (Lipinski definition) is 4. The van der Waals surface area contributed by atoms with Gasteiger partial charge in [0, 0.05) is 24.6 Å². The lowest BCUT2D eigenvalue weighted by molar-refractivity contribution is 0.0689. The van der Waals surface area contributed by atoms with Gasteiger partial charge in [0.1, 0.15) is 0 Å². The lowest BCUT2D eigenvalue weighted by Crippen LogP contribution is -2.16. The Kier molecular flexibility index (Phi) is 4.93. The maximum absolute atomic E-state index is 11.3. The van der Waals surface area contributed by atoms with Gasteiger partial charge < -0.3 is 10.2 Å². The van der Waals surface area contributed by atoms with Gasteiger partial charge in [-0.25, -0.2) is 9.48 Å². The van der Waals surface area contributed by atoms with Gasteiger partial charge in [-0.3, -0.25) is 0 Å². The van der Waals surface area contributed by atoms with Crippen molar-refractivity contribution >= 4 is 17.6 Å². The van der Waals surface area contributed by atoms with Crippen LogP contribution in [0.25, 0.3) is 0 Å². The summed E-state index contributed by atoms with van der Waals surface area (Å²) in [7, 11) is 0. The number of rotatable bonds is 6. The Labute approximate surface area is 127 Å². The van der Waals surface area contributed by atoms with E-state index in [0.717, 1.165) is 5.56 Å². The van der Waals surface area contributed by atoms with E-state index in [1.54, 1.807) is 6.07 Å². The van der Waals surface area contributed by atoms with Crippen LogP contribution in [-0.2, 0) is 13.0 Å². The molecule has 1 aromatic heterocycles. The maximum Gasteiger partial charge on any atom is 0.358 e. The highest BCUT2D eigenvalue weighted by Gasteiger charge is 2.20. The van der Waals surface area contributed by atoms with E-state index in [0.29, 0.717) is 23.7 Å². The Morgan fingerprint density at radius 2 is 2.14 bits per heavy atom. The molecule has 0 aliphatic carbocycles. The molecule has 0 fully saturated rings. The van der Waals surface area contributed by atoms with Gasteiger partial charge in [0.15, 0.2) is 5.69 Å². The quantitative estimate of drug-likeness (QED) is 0.850. The lowest BCUT2D eigenvalue weighted by atomic mass is 10.1. The monoisotopic (exact) mass is 309 g/mol. The second-order valence-electron chi connectivity index (χ2n) is 4.93. The van der Waals surface area contributed by atoms with Crippen molar-refractivity contribution < 1.29 is 15.0 Å². The Balaban J connectivity index is 2.37. The van der Waals surface area contributed by atoms with Gasteiger partial charge in [0.05, 0.1) is 5.69 Å². The van der Waals surface area contributed by atoms with E-state index in [1.165, 1.54) is 4.68 Å². The number of aliphatic hydroxyl groups excluding tert-OH is 1. The predicted octanol–water partition coefficient (Wildman–Crippen LogP) is 1.85. The number of aromatic nitrogens is 3. The molecule has 1 aromatic carbocycles. The molecular formula is C14H16ClN3O3. The summed E-state index contributed by atoms with van der Waals surface area (Å²) in [5.74, 6) is -1.17. The summed E-state index contributed by atoms with van der Waals surface area (Å²) in [5, 5.41) is 26.5. The SMILES string of the molecule is CC(CO)Cn1nnc(C(=O)O)c1Cc1ccccc1Cl. The molecule has 112 valence electrons. The van der Waals surface area contributed by atoms with Crippen molar-refractivity contribution in [3.63, 3.8) is 0 Å². The minimum absolute atomic E-state index is 0.00615. The van der Waals surface area contributed by atoms with Crippen LogP contribution in [0.15, 0.2) is 24.3 Å². The zero-order valence-corrected chi connectivity index (χ0v) is 12.3. The van der Waals surface area contributed by atoms with Gasteiger partial charge in [0.2, 0.25) is 0 Å². The Bertz CT molecular complexity index is 642. The first-order valence-electron chi connectivity index (χ1n) is 6.52. The minimum Gasteiger partial charge on any atom is -0.476 e. The molecule has 7 heteroatoms. The molecule has 1 heterocycles. The second kappa shape index (κ2) is 6.69. The van der Waals surface area contributed by atoms with Gasteiger partial charge in [-0.15, -0.1) is 5.10 Å². The van der Waals surface area contributed by atoms with Crippen molar-refractivity contribution in [2.45, 2.75) is 19.9 Å². The van der Waals surface area contributed by atoms with Gasteiger partial charge in [-0.2, -0.15) is 0 Å². The fourth-order valence-corrected chi connectivity index (χ4v) is 2.20. The van der Waals surface area contributed by atoms with Crippen molar-refractivity contribution in [2.75, 3.05) is 6.61 Å². The average Bonchev–Trinajstić information content (AvgIpc) is 2.84. The molecular weight excluding hydrogens is 294 g/mol. The van der Waals surface area contributed by atoms with Crippen LogP contribution in [0.3, 0.4) is 0 Å². The van der Waals surface area contributed by atoms with Gasteiger partial charge in [-0.1, -0.05) is 41.9 Å². The van der Waals surface area contributed by atoms with Crippen LogP contribution >= 0.6 is 11.6 Å². The van der Waals surface area contributed by atoms with Crippen molar-refractivity contribution in [3.05, 3.63) is 46.2 Å². The molecule has 2 aromatic rings. The molecule has 0 bridgehead atoms. The summed E-state index contributed by atoms with van der Waals surface area (Å²) in [4.78, 5) is 11.3. The highest BCUT2D eigenvalue weighted by atomic mass is 35.5. The van der Waals surface area contributed by atoms with E-state index in [1.807, 2.05) is 25.1 Å². The third-order valence-electron chi connectivity index (χ3n) is 3.15. The summed E-state index contributed by atoms with van der Waals surface area (Å²) >= 11 is 6.12. The number of halogens is 1. The van der Waals surface area contributed by atoms with Crippen LogP contribution < -0.4 is 0 Å². The summed E-state index contributed by atoms with van der Waals surface area (Å²) < 4.78 is 1.52. The molecule has 1 unspecified atom stereocenters. The first-order valence-corrected chi connectivity index (χ1v) is 6.90. The van der Waals surface area contributed by atoms with Gasteiger partial charge in [-0.05, 0) is 17.5 Å². The Morgan fingerprint density at radius 3 is 2.76 bits per heavy atom. The fraction of sp³-hybridized carbons (Fsp3) is 0.357. The molecule has 0 aliphatic heterocycles. The van der Waals surface area contributed by atoms with Crippen molar-refractivity contribution in [1.82, 2.24) is 15.0 Å². The molecule has 0 aliphatic rings. The first-order chi connectivity index (χ1) is 10.0. The van der Waals surface area contributed by atoms with Crippen molar-refractivity contribution in [3.8, 4) is 0 Å². The summed E-state index contributed by atoms with van der Waals surface area (Å²) in [5.41, 5.74) is 1.21. The molecule has 0 saturated carbocycles. The molecule has 0 radical (unpaired) electrons. The third kappa shape index (κ3) is 3.59. The lowest BCUT2D eigenvalue weighted by Gasteiger charge is -2.11. The fourth-order valence-electron chi connectivity index (χ4n) is 2.00. The van der Waals surface area contributed by atoms with E-state index in [9.17, 15) is 9.90 Å². The smallest absolute Gasteiger partial charge is 0.358 e. The largest absolute Gasteiger partial charge is 0.476 e. The van der Waals surface area contributed by atoms with Crippen LogP contribution in [0, 0.1) is 5.92 Å². The van der Waals surface area contributed by atoms with E-state index in [2.05, 4.69) is 10.3 Å². The van der Waals surface area contributed by atoms with Crippen LogP contribution in [-0.4, -0.2) is 37.8 Å². The number of carboxylic acids is 1. The van der Waals surface area contributed by atoms with E-state index in [-0.39, 0.29) is 18.2 Å². The highest BCUT2D eigenvalue weighted by molar-refractivity contribution is 6.31. The van der Waals surface area contributed by atoms with Crippen LogP contribution in [0.5, 0.6) is 0 Å². The number of hydrogen-bond donors (Lipinski definition) is 2. The Morgan fingerprint density at radius 1 is 1.43 bits per heavy atom. The highest BCUT2D eigenvalue weighted by Crippen LogP contribution is 2.20. The number of aromatic carboxylic acids is 1. The molecule has 6 nitrogen and oxygen atoms in total. The molecule has 1 atom stereocenters. The zero-order chi connectivity index (χ0) is 15.4.